The number of pyridine rings is 1. The van der Waals surface area contributed by atoms with Crippen LogP contribution in [0.3, 0.4) is 0 Å². The van der Waals surface area contributed by atoms with Gasteiger partial charge in [0.05, 0.1) is 37.2 Å². The number of anilines is 1. The van der Waals surface area contributed by atoms with Gasteiger partial charge in [-0.05, 0) is 30.2 Å². The van der Waals surface area contributed by atoms with Crippen LogP contribution in [0.4, 0.5) is 5.69 Å². The average molecular weight is 456 g/mol. The maximum Gasteiger partial charge on any atom is 0.224 e. The van der Waals surface area contributed by atoms with Crippen LogP contribution in [-0.2, 0) is 18.3 Å². The van der Waals surface area contributed by atoms with Crippen molar-refractivity contribution in [2.24, 2.45) is 7.05 Å². The number of aryl methyl sites for hydroxylation is 1. The Hall–Kier alpha value is -4.32. The zero-order valence-electron chi connectivity index (χ0n) is 19.1. The highest BCUT2D eigenvalue weighted by Crippen LogP contribution is 2.32. The molecule has 1 fully saturated rings. The minimum atomic E-state index is -0.00617. The lowest BCUT2D eigenvalue weighted by Crippen LogP contribution is -2.38. The zero-order valence-corrected chi connectivity index (χ0v) is 19.1. The largest absolute Gasteiger partial charge is 0.497 e. The number of fused-ring (bicyclic) bond motifs is 1. The molecular formula is C25H25N7O2. The van der Waals surface area contributed by atoms with Gasteiger partial charge in [0.25, 0.3) is 0 Å². The van der Waals surface area contributed by atoms with E-state index in [1.54, 1.807) is 22.5 Å². The normalized spacial score (nSPS) is 15.4. The fourth-order valence-corrected chi connectivity index (χ4v) is 4.46. The first-order valence-electron chi connectivity index (χ1n) is 11.1. The number of rotatable bonds is 6. The summed E-state index contributed by atoms with van der Waals surface area (Å²) < 4.78 is 8.69. The standard InChI is InChI=1S/C25H25N7O2/c1-30-14-20(13-27-30)18-10-23(25-19(11-26)12-28-32(25)15-18)31-8-7-21(16-31)29-24(33)9-17-3-5-22(34-2)6-4-17/h3-6,10,12-15,21H,7-9,16H2,1-2H3,(H,29,33)/t21-/m0/s1. The number of nitriles is 1. The Bertz CT molecular complexity index is 1380. The molecule has 0 radical (unpaired) electrons. The Labute approximate surface area is 197 Å². The molecule has 172 valence electrons. The van der Waals surface area contributed by atoms with Gasteiger partial charge in [0.2, 0.25) is 5.91 Å². The van der Waals surface area contributed by atoms with Crippen molar-refractivity contribution >= 4 is 17.1 Å². The van der Waals surface area contributed by atoms with E-state index in [4.69, 9.17) is 4.74 Å². The predicted molar refractivity (Wildman–Crippen MR) is 128 cm³/mol. The Kier molecular flexibility index (Phi) is 5.64. The van der Waals surface area contributed by atoms with Crippen LogP contribution >= 0.6 is 0 Å². The molecule has 1 N–H and O–H groups in total. The van der Waals surface area contributed by atoms with Gasteiger partial charge in [-0.3, -0.25) is 9.48 Å². The minimum Gasteiger partial charge on any atom is -0.497 e. The summed E-state index contributed by atoms with van der Waals surface area (Å²) in [4.78, 5) is 14.9. The molecule has 5 rings (SSSR count). The first-order chi connectivity index (χ1) is 16.5. The number of ether oxygens (including phenoxy) is 1. The van der Waals surface area contributed by atoms with Crippen LogP contribution in [0, 0.1) is 11.3 Å². The number of nitrogens with one attached hydrogen (secondary N) is 1. The second-order valence-corrected chi connectivity index (χ2v) is 8.50. The fourth-order valence-electron chi connectivity index (χ4n) is 4.46. The van der Waals surface area contributed by atoms with Crippen LogP contribution < -0.4 is 15.0 Å². The van der Waals surface area contributed by atoms with Crippen LogP contribution in [0.15, 0.2) is 55.1 Å². The number of hydrogen-bond donors (Lipinski definition) is 1. The van der Waals surface area contributed by atoms with Gasteiger partial charge in [0.1, 0.15) is 17.3 Å². The van der Waals surface area contributed by atoms with Crippen LogP contribution in [0.2, 0.25) is 0 Å². The van der Waals surface area contributed by atoms with E-state index in [1.807, 2.05) is 49.9 Å². The van der Waals surface area contributed by atoms with E-state index < -0.39 is 0 Å². The van der Waals surface area contributed by atoms with Crippen LogP contribution in [0.25, 0.3) is 16.6 Å². The van der Waals surface area contributed by atoms with Crippen LogP contribution in [-0.4, -0.2) is 51.5 Å². The molecule has 1 saturated heterocycles. The lowest BCUT2D eigenvalue weighted by Gasteiger charge is -2.21. The molecule has 34 heavy (non-hydrogen) atoms. The van der Waals surface area contributed by atoms with E-state index in [9.17, 15) is 10.1 Å². The van der Waals surface area contributed by atoms with Gasteiger partial charge >= 0.3 is 0 Å². The number of nitrogens with zero attached hydrogens (tertiary/aromatic N) is 6. The van der Waals surface area contributed by atoms with Crippen molar-refractivity contribution in [3.05, 3.63) is 66.2 Å². The maximum atomic E-state index is 12.7. The molecule has 1 aliphatic heterocycles. The number of amides is 1. The quantitative estimate of drug-likeness (QED) is 0.480. The van der Waals surface area contributed by atoms with Gasteiger partial charge in [-0.2, -0.15) is 15.5 Å². The Balaban J connectivity index is 1.35. The fraction of sp³-hybridized carbons (Fsp3) is 0.280. The van der Waals surface area contributed by atoms with Crippen molar-refractivity contribution in [3.8, 4) is 22.9 Å². The summed E-state index contributed by atoms with van der Waals surface area (Å²) in [6.07, 6.45) is 8.42. The summed E-state index contributed by atoms with van der Waals surface area (Å²) in [5.74, 6) is 0.764. The molecule has 4 aromatic rings. The molecule has 0 saturated carbocycles. The van der Waals surface area contributed by atoms with Crippen molar-refractivity contribution in [1.29, 1.82) is 5.26 Å². The summed E-state index contributed by atoms with van der Waals surface area (Å²) >= 11 is 0. The highest BCUT2D eigenvalue weighted by atomic mass is 16.5. The van der Waals surface area contributed by atoms with E-state index in [2.05, 4.69) is 32.5 Å². The second kappa shape index (κ2) is 8.90. The monoisotopic (exact) mass is 455 g/mol. The number of aromatic nitrogens is 4. The summed E-state index contributed by atoms with van der Waals surface area (Å²) in [7, 11) is 3.50. The number of methoxy groups -OCH3 is 1. The summed E-state index contributed by atoms with van der Waals surface area (Å²) in [5, 5.41) is 21.5. The molecule has 1 atom stereocenters. The maximum absolute atomic E-state index is 12.7. The average Bonchev–Trinajstić information content (AvgIpc) is 3.58. The molecule has 9 nitrogen and oxygen atoms in total. The van der Waals surface area contributed by atoms with Crippen molar-refractivity contribution in [2.75, 3.05) is 25.1 Å². The Morgan fingerprint density at radius 3 is 2.74 bits per heavy atom. The molecule has 1 amide bonds. The van der Waals surface area contributed by atoms with Gasteiger partial charge in [-0.25, -0.2) is 4.52 Å². The topological polar surface area (TPSA) is 100 Å². The molecule has 9 heteroatoms. The van der Waals surface area contributed by atoms with Crippen molar-refractivity contribution in [3.63, 3.8) is 0 Å². The van der Waals surface area contributed by atoms with Crippen molar-refractivity contribution in [2.45, 2.75) is 18.9 Å². The van der Waals surface area contributed by atoms with Gasteiger partial charge in [-0.1, -0.05) is 12.1 Å². The third kappa shape index (κ3) is 4.18. The number of hydrogen-bond acceptors (Lipinski definition) is 6. The van der Waals surface area contributed by atoms with E-state index in [0.717, 1.165) is 46.6 Å². The Morgan fingerprint density at radius 2 is 2.03 bits per heavy atom. The minimum absolute atomic E-state index is 0.00617. The molecule has 3 aromatic heterocycles. The van der Waals surface area contributed by atoms with Crippen molar-refractivity contribution < 1.29 is 9.53 Å². The van der Waals surface area contributed by atoms with Gasteiger partial charge < -0.3 is 15.0 Å². The lowest BCUT2D eigenvalue weighted by molar-refractivity contribution is -0.121. The number of carbonyl (C=O) groups excluding carboxylic acids is 1. The highest BCUT2D eigenvalue weighted by Gasteiger charge is 2.27. The molecule has 4 heterocycles. The summed E-state index contributed by atoms with van der Waals surface area (Å²) in [6, 6.07) is 11.9. The predicted octanol–water partition coefficient (Wildman–Crippen LogP) is 2.55. The lowest BCUT2D eigenvalue weighted by atomic mass is 10.1. The molecular weight excluding hydrogens is 430 g/mol. The number of benzene rings is 1. The molecule has 1 aliphatic rings. The molecule has 1 aromatic carbocycles. The van der Waals surface area contributed by atoms with E-state index in [0.29, 0.717) is 18.5 Å². The van der Waals surface area contributed by atoms with Crippen LogP contribution in [0.1, 0.15) is 17.5 Å². The first kappa shape index (κ1) is 21.5. The molecule has 0 spiro atoms. The first-order valence-corrected chi connectivity index (χ1v) is 11.1. The van der Waals surface area contributed by atoms with Crippen LogP contribution in [0.5, 0.6) is 5.75 Å². The summed E-state index contributed by atoms with van der Waals surface area (Å²) in [5.41, 5.74) is 5.12. The summed E-state index contributed by atoms with van der Waals surface area (Å²) in [6.45, 7) is 1.44. The second-order valence-electron chi connectivity index (χ2n) is 8.50. The Morgan fingerprint density at radius 1 is 1.21 bits per heavy atom. The van der Waals surface area contributed by atoms with Gasteiger partial charge in [-0.15, -0.1) is 0 Å². The molecule has 0 bridgehead atoms. The zero-order chi connectivity index (χ0) is 23.7. The third-order valence-corrected chi connectivity index (χ3v) is 6.17. The van der Waals surface area contributed by atoms with E-state index >= 15 is 0 Å². The highest BCUT2D eigenvalue weighted by molar-refractivity contribution is 5.84. The molecule has 0 unspecified atom stereocenters. The SMILES string of the molecule is COc1ccc(CC(=O)N[C@H]2CCN(c3cc(-c4cnn(C)c4)cn4ncc(C#N)c34)C2)cc1. The van der Waals surface area contributed by atoms with Crippen molar-refractivity contribution in [1.82, 2.24) is 24.7 Å². The smallest absolute Gasteiger partial charge is 0.224 e. The van der Waals surface area contributed by atoms with E-state index in [1.165, 1.54) is 0 Å². The number of carbonyl (C=O) groups is 1. The van der Waals surface area contributed by atoms with E-state index in [-0.39, 0.29) is 11.9 Å². The third-order valence-electron chi connectivity index (χ3n) is 6.17. The van der Waals surface area contributed by atoms with Gasteiger partial charge in [0.15, 0.2) is 0 Å². The van der Waals surface area contributed by atoms with Gasteiger partial charge in [0, 0.05) is 49.7 Å². The molecule has 0 aliphatic carbocycles.